The van der Waals surface area contributed by atoms with Gasteiger partial charge in [-0.1, -0.05) is 36.4 Å². The molecule has 0 bridgehead atoms. The van der Waals surface area contributed by atoms with Crippen molar-refractivity contribution in [2.45, 2.75) is 19.8 Å². The molecule has 86 valence electrons. The normalized spacial score (nSPS) is 18.6. The maximum absolute atomic E-state index is 4.28. The minimum atomic E-state index is 0.680. The summed E-state index contributed by atoms with van der Waals surface area (Å²) in [6.45, 7) is 8.82. The molecule has 1 aromatic carbocycles. The summed E-state index contributed by atoms with van der Waals surface area (Å²) < 4.78 is 0. The third-order valence-electron chi connectivity index (χ3n) is 3.63. The first-order valence-corrected chi connectivity index (χ1v) is 6.11. The molecule has 0 spiro atoms. The van der Waals surface area contributed by atoms with Crippen molar-refractivity contribution in [1.82, 2.24) is 4.90 Å². The standard InChI is InChI=1S/C15H21N/c1-12-4-6-14(7-5-12)13(2)15-8-10-16(3)11-9-15/h4-7,15H,2,8-11H2,1,3H3. The summed E-state index contributed by atoms with van der Waals surface area (Å²) in [5.74, 6) is 0.680. The number of aryl methyl sites for hydroxylation is 1. The van der Waals surface area contributed by atoms with Gasteiger partial charge in [-0.15, -0.1) is 0 Å². The van der Waals surface area contributed by atoms with Crippen LogP contribution in [0.3, 0.4) is 0 Å². The van der Waals surface area contributed by atoms with Gasteiger partial charge < -0.3 is 4.90 Å². The number of hydrogen-bond acceptors (Lipinski definition) is 1. The van der Waals surface area contributed by atoms with Crippen molar-refractivity contribution in [3.05, 3.63) is 42.0 Å². The Morgan fingerprint density at radius 1 is 1.19 bits per heavy atom. The predicted molar refractivity (Wildman–Crippen MR) is 70.4 cm³/mol. The van der Waals surface area contributed by atoms with Crippen molar-refractivity contribution < 1.29 is 0 Å². The highest BCUT2D eigenvalue weighted by atomic mass is 15.1. The van der Waals surface area contributed by atoms with Crippen LogP contribution in [-0.4, -0.2) is 25.0 Å². The molecule has 1 aromatic rings. The van der Waals surface area contributed by atoms with E-state index in [1.807, 2.05) is 0 Å². The third kappa shape index (κ3) is 2.53. The molecule has 0 aliphatic carbocycles. The van der Waals surface area contributed by atoms with Gasteiger partial charge in [-0.2, -0.15) is 0 Å². The van der Waals surface area contributed by atoms with Gasteiger partial charge in [-0.05, 0) is 57.0 Å². The van der Waals surface area contributed by atoms with E-state index in [-0.39, 0.29) is 0 Å². The first-order chi connectivity index (χ1) is 7.66. The molecule has 1 heteroatoms. The number of rotatable bonds is 2. The smallest absolute Gasteiger partial charge is 0.00159 e. The Labute approximate surface area is 98.8 Å². The Morgan fingerprint density at radius 3 is 2.31 bits per heavy atom. The highest BCUT2D eigenvalue weighted by Crippen LogP contribution is 2.30. The number of piperidine rings is 1. The molecule has 16 heavy (non-hydrogen) atoms. The Hall–Kier alpha value is -1.08. The summed E-state index contributed by atoms with van der Waals surface area (Å²) in [7, 11) is 2.20. The van der Waals surface area contributed by atoms with Gasteiger partial charge in [0.05, 0.1) is 0 Å². The van der Waals surface area contributed by atoms with E-state index < -0.39 is 0 Å². The maximum atomic E-state index is 4.28. The summed E-state index contributed by atoms with van der Waals surface area (Å²) in [5, 5.41) is 0. The highest BCUT2D eigenvalue weighted by molar-refractivity contribution is 5.65. The second kappa shape index (κ2) is 4.84. The molecule has 0 unspecified atom stereocenters. The van der Waals surface area contributed by atoms with Crippen LogP contribution in [-0.2, 0) is 0 Å². The van der Waals surface area contributed by atoms with E-state index in [1.165, 1.54) is 42.6 Å². The molecule has 0 radical (unpaired) electrons. The van der Waals surface area contributed by atoms with E-state index in [0.29, 0.717) is 5.92 Å². The molecule has 1 saturated heterocycles. The molecule has 0 amide bonds. The van der Waals surface area contributed by atoms with E-state index in [4.69, 9.17) is 0 Å². The van der Waals surface area contributed by atoms with Crippen LogP contribution in [0.1, 0.15) is 24.0 Å². The van der Waals surface area contributed by atoms with Crippen LogP contribution in [0.15, 0.2) is 30.8 Å². The molecule has 2 rings (SSSR count). The fourth-order valence-corrected chi connectivity index (χ4v) is 2.36. The summed E-state index contributed by atoms with van der Waals surface area (Å²) in [5.41, 5.74) is 3.97. The zero-order valence-corrected chi connectivity index (χ0v) is 10.4. The van der Waals surface area contributed by atoms with Gasteiger partial charge in [-0.3, -0.25) is 0 Å². The molecule has 1 heterocycles. The summed E-state index contributed by atoms with van der Waals surface area (Å²) in [6.07, 6.45) is 2.51. The van der Waals surface area contributed by atoms with Crippen LogP contribution in [0.2, 0.25) is 0 Å². The van der Waals surface area contributed by atoms with Gasteiger partial charge in [0.15, 0.2) is 0 Å². The quantitative estimate of drug-likeness (QED) is 0.731. The molecule has 1 fully saturated rings. The van der Waals surface area contributed by atoms with Crippen molar-refractivity contribution in [3.8, 4) is 0 Å². The van der Waals surface area contributed by atoms with Gasteiger partial charge in [0, 0.05) is 0 Å². The van der Waals surface area contributed by atoms with Crippen LogP contribution in [0, 0.1) is 12.8 Å². The maximum Gasteiger partial charge on any atom is -0.00159 e. The lowest BCUT2D eigenvalue weighted by Crippen LogP contribution is -2.30. The summed E-state index contributed by atoms with van der Waals surface area (Å²) in [4.78, 5) is 2.40. The van der Waals surface area contributed by atoms with E-state index in [0.717, 1.165) is 0 Å². The fourth-order valence-electron chi connectivity index (χ4n) is 2.36. The fraction of sp³-hybridized carbons (Fsp3) is 0.467. The van der Waals surface area contributed by atoms with Gasteiger partial charge >= 0.3 is 0 Å². The molecule has 1 aliphatic heterocycles. The summed E-state index contributed by atoms with van der Waals surface area (Å²) in [6, 6.07) is 8.76. The van der Waals surface area contributed by atoms with E-state index >= 15 is 0 Å². The Morgan fingerprint density at radius 2 is 1.75 bits per heavy atom. The van der Waals surface area contributed by atoms with Crippen LogP contribution in [0.4, 0.5) is 0 Å². The second-order valence-corrected chi connectivity index (χ2v) is 4.97. The zero-order valence-electron chi connectivity index (χ0n) is 10.4. The lowest BCUT2D eigenvalue weighted by Gasteiger charge is -2.30. The molecule has 0 saturated carbocycles. The predicted octanol–water partition coefficient (Wildman–Crippen LogP) is 3.35. The molecule has 0 aromatic heterocycles. The zero-order chi connectivity index (χ0) is 11.5. The number of hydrogen-bond donors (Lipinski definition) is 0. The molecule has 1 nitrogen and oxygen atoms in total. The molecule has 0 N–H and O–H groups in total. The van der Waals surface area contributed by atoms with Gasteiger partial charge in [0.1, 0.15) is 0 Å². The average molecular weight is 215 g/mol. The number of nitrogens with zero attached hydrogens (tertiary/aromatic N) is 1. The topological polar surface area (TPSA) is 3.24 Å². The molecule has 0 atom stereocenters. The molecule has 1 aliphatic rings. The lowest BCUT2D eigenvalue weighted by molar-refractivity contribution is 0.248. The van der Waals surface area contributed by atoms with E-state index in [1.54, 1.807) is 0 Å². The lowest BCUT2D eigenvalue weighted by atomic mass is 9.86. The van der Waals surface area contributed by atoms with Crippen molar-refractivity contribution in [2.24, 2.45) is 5.92 Å². The number of benzene rings is 1. The summed E-state index contributed by atoms with van der Waals surface area (Å²) >= 11 is 0. The van der Waals surface area contributed by atoms with Gasteiger partial charge in [0.2, 0.25) is 0 Å². The largest absolute Gasteiger partial charge is 0.306 e. The van der Waals surface area contributed by atoms with Crippen LogP contribution < -0.4 is 0 Å². The van der Waals surface area contributed by atoms with E-state index in [2.05, 4.69) is 49.7 Å². The minimum Gasteiger partial charge on any atom is -0.306 e. The third-order valence-corrected chi connectivity index (χ3v) is 3.63. The van der Waals surface area contributed by atoms with Crippen LogP contribution in [0.5, 0.6) is 0 Å². The second-order valence-electron chi connectivity index (χ2n) is 4.97. The number of likely N-dealkylation sites (tertiary alicyclic amines) is 1. The monoisotopic (exact) mass is 215 g/mol. The van der Waals surface area contributed by atoms with Crippen molar-refractivity contribution in [3.63, 3.8) is 0 Å². The SMILES string of the molecule is C=C(c1ccc(C)cc1)C1CCN(C)CC1. The van der Waals surface area contributed by atoms with Gasteiger partial charge in [-0.25, -0.2) is 0 Å². The Kier molecular flexibility index (Phi) is 3.45. The first kappa shape index (κ1) is 11.4. The van der Waals surface area contributed by atoms with Crippen LogP contribution in [0.25, 0.3) is 5.57 Å². The molecular weight excluding hydrogens is 194 g/mol. The van der Waals surface area contributed by atoms with Crippen LogP contribution >= 0.6 is 0 Å². The number of allylic oxidation sites excluding steroid dienone is 1. The molecular formula is C15H21N. The minimum absolute atomic E-state index is 0.680. The van der Waals surface area contributed by atoms with Crippen molar-refractivity contribution in [1.29, 1.82) is 0 Å². The Bertz CT molecular complexity index is 356. The van der Waals surface area contributed by atoms with Crippen molar-refractivity contribution in [2.75, 3.05) is 20.1 Å². The van der Waals surface area contributed by atoms with Gasteiger partial charge in [0.25, 0.3) is 0 Å². The Balaban J connectivity index is 2.05. The first-order valence-electron chi connectivity index (χ1n) is 6.11. The average Bonchev–Trinajstić information content (AvgIpc) is 2.30. The highest BCUT2D eigenvalue weighted by Gasteiger charge is 2.19. The van der Waals surface area contributed by atoms with Crippen molar-refractivity contribution >= 4 is 5.57 Å². The van der Waals surface area contributed by atoms with E-state index in [9.17, 15) is 0 Å².